The first kappa shape index (κ1) is 13.8. The first-order valence-corrected chi connectivity index (χ1v) is 7.30. The Labute approximate surface area is 124 Å². The van der Waals surface area contributed by atoms with Crippen molar-refractivity contribution in [3.63, 3.8) is 0 Å². The maximum atomic E-state index is 12.0. The van der Waals surface area contributed by atoms with Crippen molar-refractivity contribution in [2.45, 2.75) is 32.3 Å². The highest BCUT2D eigenvalue weighted by atomic mass is 16.3. The molecule has 2 unspecified atom stereocenters. The predicted octanol–water partition coefficient (Wildman–Crippen LogP) is 3.52. The Kier molecular flexibility index (Phi) is 3.52. The first-order chi connectivity index (χ1) is 10.1. The quantitative estimate of drug-likeness (QED) is 0.904. The molecular weight excluding hydrogens is 262 g/mol. The topological polar surface area (TPSA) is 49.3 Å². The lowest BCUT2D eigenvalue weighted by molar-refractivity contribution is -0.117. The van der Waals surface area contributed by atoms with Gasteiger partial charge in [-0.3, -0.25) is 4.79 Å². The number of aliphatic hydroxyl groups is 1. The number of carbonyl (C=O) groups is 1. The number of hydrogen-bond acceptors (Lipinski definition) is 2. The van der Waals surface area contributed by atoms with Gasteiger partial charge in [0, 0.05) is 5.69 Å². The molecule has 2 atom stereocenters. The molecule has 1 heterocycles. The Hall–Kier alpha value is -2.13. The number of rotatable bonds is 3. The second-order valence-corrected chi connectivity index (χ2v) is 5.57. The molecule has 0 saturated carbocycles. The normalized spacial score (nSPS) is 18.2. The summed E-state index contributed by atoms with van der Waals surface area (Å²) in [7, 11) is 0. The second kappa shape index (κ2) is 5.34. The fourth-order valence-corrected chi connectivity index (χ4v) is 3.03. The highest BCUT2D eigenvalue weighted by Gasteiger charge is 2.31. The van der Waals surface area contributed by atoms with Crippen LogP contribution in [0.5, 0.6) is 0 Å². The lowest BCUT2D eigenvalue weighted by Crippen LogP contribution is -2.10. The number of benzene rings is 2. The van der Waals surface area contributed by atoms with Crippen molar-refractivity contribution in [3.8, 4) is 0 Å². The number of aryl methyl sites for hydroxylation is 1. The van der Waals surface area contributed by atoms with E-state index in [0.29, 0.717) is 0 Å². The van der Waals surface area contributed by atoms with Gasteiger partial charge in [-0.15, -0.1) is 0 Å². The van der Waals surface area contributed by atoms with Gasteiger partial charge in [0.2, 0.25) is 5.91 Å². The van der Waals surface area contributed by atoms with Gasteiger partial charge < -0.3 is 10.4 Å². The number of fused-ring (bicyclic) bond motifs is 1. The molecule has 0 spiro atoms. The molecule has 1 amide bonds. The lowest BCUT2D eigenvalue weighted by atomic mass is 9.91. The second-order valence-electron chi connectivity index (χ2n) is 5.57. The van der Waals surface area contributed by atoms with Crippen LogP contribution in [0.15, 0.2) is 42.5 Å². The van der Waals surface area contributed by atoms with Crippen LogP contribution in [0.25, 0.3) is 0 Å². The minimum atomic E-state index is -0.664. The molecule has 0 fully saturated rings. The van der Waals surface area contributed by atoms with Crippen LogP contribution in [0, 0.1) is 6.92 Å². The van der Waals surface area contributed by atoms with E-state index in [9.17, 15) is 9.90 Å². The molecule has 1 aliphatic rings. The zero-order valence-corrected chi connectivity index (χ0v) is 12.3. The summed E-state index contributed by atoms with van der Waals surface area (Å²) in [6, 6.07) is 13.5. The summed E-state index contributed by atoms with van der Waals surface area (Å²) < 4.78 is 0. The van der Waals surface area contributed by atoms with Crippen molar-refractivity contribution in [2.75, 3.05) is 5.32 Å². The van der Waals surface area contributed by atoms with Crippen LogP contribution in [-0.2, 0) is 4.79 Å². The third-order valence-electron chi connectivity index (χ3n) is 4.17. The number of hydrogen-bond donors (Lipinski definition) is 2. The van der Waals surface area contributed by atoms with Gasteiger partial charge in [-0.2, -0.15) is 0 Å². The summed E-state index contributed by atoms with van der Waals surface area (Å²) in [6.45, 7) is 3.98. The first-order valence-electron chi connectivity index (χ1n) is 7.30. The maximum Gasteiger partial charge on any atom is 0.232 e. The van der Waals surface area contributed by atoms with E-state index < -0.39 is 6.10 Å². The molecule has 108 valence electrons. The molecule has 21 heavy (non-hydrogen) atoms. The molecule has 0 aliphatic carbocycles. The molecule has 0 saturated heterocycles. The van der Waals surface area contributed by atoms with Gasteiger partial charge in [0.15, 0.2) is 0 Å². The van der Waals surface area contributed by atoms with E-state index in [1.165, 1.54) is 0 Å². The van der Waals surface area contributed by atoms with E-state index in [1.54, 1.807) is 0 Å². The Morgan fingerprint density at radius 3 is 2.57 bits per heavy atom. The molecule has 0 radical (unpaired) electrons. The van der Waals surface area contributed by atoms with E-state index in [1.807, 2.05) is 56.3 Å². The summed E-state index contributed by atoms with van der Waals surface area (Å²) in [4.78, 5) is 12.0. The SMILES string of the molecule is CCC1C(=O)Nc2c(C)cc(C(O)c3ccccc3)cc21. The average molecular weight is 281 g/mol. The number of amides is 1. The maximum absolute atomic E-state index is 12.0. The summed E-state index contributed by atoms with van der Waals surface area (Å²) >= 11 is 0. The van der Waals surface area contributed by atoms with E-state index in [4.69, 9.17) is 0 Å². The smallest absolute Gasteiger partial charge is 0.232 e. The Balaban J connectivity index is 2.05. The molecule has 3 nitrogen and oxygen atoms in total. The largest absolute Gasteiger partial charge is 0.384 e. The number of aliphatic hydroxyl groups excluding tert-OH is 1. The van der Waals surface area contributed by atoms with Gasteiger partial charge in [-0.05, 0) is 41.7 Å². The molecule has 1 aliphatic heterocycles. The van der Waals surface area contributed by atoms with E-state index >= 15 is 0 Å². The van der Waals surface area contributed by atoms with Crippen LogP contribution < -0.4 is 5.32 Å². The van der Waals surface area contributed by atoms with Crippen LogP contribution in [0.2, 0.25) is 0 Å². The monoisotopic (exact) mass is 281 g/mol. The number of anilines is 1. The summed E-state index contributed by atoms with van der Waals surface area (Å²) in [6.07, 6.45) is 0.104. The van der Waals surface area contributed by atoms with E-state index in [-0.39, 0.29) is 11.8 Å². The zero-order chi connectivity index (χ0) is 15.0. The van der Waals surface area contributed by atoms with Crippen LogP contribution >= 0.6 is 0 Å². The van der Waals surface area contributed by atoms with Gasteiger partial charge >= 0.3 is 0 Å². The number of carbonyl (C=O) groups excluding carboxylic acids is 1. The predicted molar refractivity (Wildman–Crippen MR) is 83.3 cm³/mol. The molecule has 0 aromatic heterocycles. The van der Waals surface area contributed by atoms with Crippen LogP contribution in [0.1, 0.15) is 47.6 Å². The lowest BCUT2D eigenvalue weighted by Gasteiger charge is -2.15. The third-order valence-corrected chi connectivity index (χ3v) is 4.17. The van der Waals surface area contributed by atoms with Crippen molar-refractivity contribution in [1.82, 2.24) is 0 Å². The van der Waals surface area contributed by atoms with Gasteiger partial charge in [0.25, 0.3) is 0 Å². The van der Waals surface area contributed by atoms with Crippen molar-refractivity contribution < 1.29 is 9.90 Å². The standard InChI is InChI=1S/C18H19NO2/c1-3-14-15-10-13(9-11(2)16(15)19-18(14)21)17(20)12-7-5-4-6-8-12/h4-10,14,17,20H,3H2,1-2H3,(H,19,21). The van der Waals surface area contributed by atoms with Crippen LogP contribution in [0.3, 0.4) is 0 Å². The summed E-state index contributed by atoms with van der Waals surface area (Å²) in [5, 5.41) is 13.5. The molecule has 3 heteroatoms. The highest BCUT2D eigenvalue weighted by molar-refractivity contribution is 6.03. The van der Waals surface area contributed by atoms with Crippen molar-refractivity contribution in [3.05, 3.63) is 64.7 Å². The van der Waals surface area contributed by atoms with Crippen molar-refractivity contribution in [1.29, 1.82) is 0 Å². The molecule has 2 aromatic rings. The fourth-order valence-electron chi connectivity index (χ4n) is 3.03. The van der Waals surface area contributed by atoms with Crippen molar-refractivity contribution in [2.24, 2.45) is 0 Å². The minimum absolute atomic E-state index is 0.0574. The zero-order valence-electron chi connectivity index (χ0n) is 12.3. The summed E-state index contributed by atoms with van der Waals surface area (Å²) in [5.41, 5.74) is 4.62. The minimum Gasteiger partial charge on any atom is -0.384 e. The molecule has 2 aromatic carbocycles. The van der Waals surface area contributed by atoms with Crippen LogP contribution in [-0.4, -0.2) is 11.0 Å². The molecule has 0 bridgehead atoms. The Morgan fingerprint density at radius 2 is 1.90 bits per heavy atom. The Morgan fingerprint density at radius 1 is 1.19 bits per heavy atom. The van der Waals surface area contributed by atoms with E-state index in [0.717, 1.165) is 34.4 Å². The molecule has 3 rings (SSSR count). The molecule has 2 N–H and O–H groups in total. The van der Waals surface area contributed by atoms with Gasteiger partial charge in [0.05, 0.1) is 5.92 Å². The highest BCUT2D eigenvalue weighted by Crippen LogP contribution is 2.39. The van der Waals surface area contributed by atoms with E-state index in [2.05, 4.69) is 5.32 Å². The summed E-state index contributed by atoms with van der Waals surface area (Å²) in [5.74, 6) is -0.0522. The average Bonchev–Trinajstić information content (AvgIpc) is 2.83. The van der Waals surface area contributed by atoms with Crippen LogP contribution in [0.4, 0.5) is 5.69 Å². The van der Waals surface area contributed by atoms with Gasteiger partial charge in [-0.25, -0.2) is 0 Å². The number of nitrogens with one attached hydrogen (secondary N) is 1. The fraction of sp³-hybridized carbons (Fsp3) is 0.278. The third kappa shape index (κ3) is 2.34. The van der Waals surface area contributed by atoms with Crippen molar-refractivity contribution >= 4 is 11.6 Å². The Bertz CT molecular complexity index is 679. The molecular formula is C18H19NO2. The van der Waals surface area contributed by atoms with Gasteiger partial charge in [0.1, 0.15) is 6.10 Å². The van der Waals surface area contributed by atoms with Gasteiger partial charge in [-0.1, -0.05) is 43.3 Å².